The van der Waals surface area contributed by atoms with Gasteiger partial charge in [-0.25, -0.2) is 17.9 Å². The van der Waals surface area contributed by atoms with E-state index >= 15 is 0 Å². The number of hydrogen-bond acceptors (Lipinski definition) is 5. The predicted octanol–water partition coefficient (Wildman–Crippen LogP) is 1.99. The van der Waals surface area contributed by atoms with Gasteiger partial charge in [0.15, 0.2) is 0 Å². The van der Waals surface area contributed by atoms with Crippen molar-refractivity contribution in [2.45, 2.75) is 17.7 Å². The first-order valence-electron chi connectivity index (χ1n) is 5.31. The molecule has 0 saturated heterocycles. The first kappa shape index (κ1) is 14.0. The zero-order chi connectivity index (χ0) is 13.3. The highest BCUT2D eigenvalue weighted by atomic mass is 79.9. The van der Waals surface area contributed by atoms with E-state index in [1.807, 2.05) is 0 Å². The van der Waals surface area contributed by atoms with Crippen LogP contribution in [0.15, 0.2) is 14.7 Å². The normalized spacial score (nSPS) is 15.7. The highest BCUT2D eigenvalue weighted by Gasteiger charge is 2.27. The second-order valence-corrected chi connectivity index (χ2v) is 8.14. The Morgan fingerprint density at radius 3 is 2.83 bits per heavy atom. The number of sulfonamides is 1. The summed E-state index contributed by atoms with van der Waals surface area (Å²) in [6.45, 7) is 0.457. The van der Waals surface area contributed by atoms with Crippen LogP contribution in [0.2, 0.25) is 0 Å². The smallest absolute Gasteiger partial charge is 0.348 e. The Morgan fingerprint density at radius 2 is 2.28 bits per heavy atom. The van der Waals surface area contributed by atoms with Gasteiger partial charge in [-0.05, 0) is 40.8 Å². The second kappa shape index (κ2) is 5.28. The second-order valence-electron chi connectivity index (χ2n) is 4.04. The molecular weight excluding hydrogens is 342 g/mol. The lowest BCUT2D eigenvalue weighted by molar-refractivity contribution is 0.0606. The van der Waals surface area contributed by atoms with Crippen molar-refractivity contribution in [1.82, 2.24) is 4.72 Å². The fourth-order valence-corrected chi connectivity index (χ4v) is 4.96. The molecule has 100 valence electrons. The number of carbonyl (C=O) groups is 1. The summed E-state index contributed by atoms with van der Waals surface area (Å²) in [5, 5.41) is 0. The number of nitrogens with one attached hydrogen (secondary N) is 1. The van der Waals surface area contributed by atoms with Crippen LogP contribution in [0.25, 0.3) is 0 Å². The maximum absolute atomic E-state index is 12.0. The third-order valence-electron chi connectivity index (χ3n) is 2.59. The van der Waals surface area contributed by atoms with Gasteiger partial charge in [-0.3, -0.25) is 0 Å². The number of rotatable bonds is 5. The summed E-state index contributed by atoms with van der Waals surface area (Å²) in [6, 6.07) is 1.33. The molecular formula is C10H12BrNO4S2. The van der Waals surface area contributed by atoms with Gasteiger partial charge in [0.1, 0.15) is 9.77 Å². The Bertz CT molecular complexity index is 562. The molecule has 1 aliphatic rings. The molecule has 0 aromatic carbocycles. The number of carbonyl (C=O) groups excluding carboxylic acids is 1. The van der Waals surface area contributed by atoms with Gasteiger partial charge in [0, 0.05) is 6.54 Å². The number of halogens is 1. The summed E-state index contributed by atoms with van der Waals surface area (Å²) >= 11 is 4.21. The summed E-state index contributed by atoms with van der Waals surface area (Å²) in [6.07, 6.45) is 2.14. The van der Waals surface area contributed by atoms with E-state index < -0.39 is 16.0 Å². The van der Waals surface area contributed by atoms with Crippen molar-refractivity contribution in [3.63, 3.8) is 0 Å². The fraction of sp³-hybridized carbons (Fsp3) is 0.500. The van der Waals surface area contributed by atoms with Crippen LogP contribution in [-0.4, -0.2) is 28.0 Å². The van der Waals surface area contributed by atoms with Gasteiger partial charge in [-0.15, -0.1) is 11.3 Å². The molecule has 2 rings (SSSR count). The Hall–Kier alpha value is -0.440. The molecule has 8 heteroatoms. The van der Waals surface area contributed by atoms with Gasteiger partial charge in [-0.1, -0.05) is 0 Å². The van der Waals surface area contributed by atoms with Crippen LogP contribution in [0.5, 0.6) is 0 Å². The molecule has 1 aliphatic carbocycles. The van der Waals surface area contributed by atoms with E-state index in [1.165, 1.54) is 13.2 Å². The van der Waals surface area contributed by atoms with Crippen LogP contribution < -0.4 is 4.72 Å². The third-order valence-corrected chi connectivity index (χ3v) is 6.25. The summed E-state index contributed by atoms with van der Waals surface area (Å²) in [4.78, 5) is 11.7. The monoisotopic (exact) mass is 353 g/mol. The minimum absolute atomic E-state index is 0.0913. The topological polar surface area (TPSA) is 72.5 Å². The third kappa shape index (κ3) is 3.11. The Labute approximate surface area is 118 Å². The van der Waals surface area contributed by atoms with Gasteiger partial charge in [-0.2, -0.15) is 0 Å². The van der Waals surface area contributed by atoms with E-state index in [4.69, 9.17) is 0 Å². The molecule has 18 heavy (non-hydrogen) atoms. The molecule has 5 nitrogen and oxygen atoms in total. The number of ether oxygens (including phenoxy) is 1. The van der Waals surface area contributed by atoms with E-state index in [-0.39, 0.29) is 9.77 Å². The molecule has 0 aliphatic heterocycles. The quantitative estimate of drug-likeness (QED) is 0.821. The van der Waals surface area contributed by atoms with Crippen molar-refractivity contribution >= 4 is 43.3 Å². The number of thiophene rings is 1. The van der Waals surface area contributed by atoms with E-state index in [2.05, 4.69) is 25.4 Å². The standard InChI is InChI=1S/C10H12BrNO4S2/c1-16-10(13)7-4-8(9(11)17-7)18(14,15)12-5-6-2-3-6/h4,6,12H,2-3,5H2,1H3. The highest BCUT2D eigenvalue weighted by Crippen LogP contribution is 2.33. The lowest BCUT2D eigenvalue weighted by atomic mass is 10.4. The minimum Gasteiger partial charge on any atom is -0.465 e. The van der Waals surface area contributed by atoms with Crippen LogP contribution in [0.4, 0.5) is 0 Å². The van der Waals surface area contributed by atoms with E-state index in [9.17, 15) is 13.2 Å². The average Bonchev–Trinajstić information content (AvgIpc) is 3.07. The molecule has 1 saturated carbocycles. The summed E-state index contributed by atoms with van der Waals surface area (Å²) in [5.41, 5.74) is 0. The van der Waals surface area contributed by atoms with Crippen LogP contribution in [-0.2, 0) is 14.8 Å². The van der Waals surface area contributed by atoms with Crippen molar-refractivity contribution in [2.24, 2.45) is 5.92 Å². The molecule has 0 radical (unpaired) electrons. The van der Waals surface area contributed by atoms with Crippen molar-refractivity contribution in [3.8, 4) is 0 Å². The average molecular weight is 354 g/mol. The number of hydrogen-bond donors (Lipinski definition) is 1. The van der Waals surface area contributed by atoms with Gasteiger partial charge in [0.25, 0.3) is 0 Å². The van der Waals surface area contributed by atoms with Gasteiger partial charge in [0.2, 0.25) is 10.0 Å². The summed E-state index contributed by atoms with van der Waals surface area (Å²) < 4.78 is 31.6. The van der Waals surface area contributed by atoms with Crippen LogP contribution in [0, 0.1) is 5.92 Å². The fourth-order valence-electron chi connectivity index (χ4n) is 1.36. The predicted molar refractivity (Wildman–Crippen MR) is 71.3 cm³/mol. The number of methoxy groups -OCH3 is 1. The molecule has 0 atom stereocenters. The van der Waals surface area contributed by atoms with Crippen LogP contribution in [0.1, 0.15) is 22.5 Å². The first-order valence-corrected chi connectivity index (χ1v) is 8.40. The molecule has 1 fully saturated rings. The van der Waals surface area contributed by atoms with Gasteiger partial charge in [0.05, 0.1) is 10.9 Å². The Morgan fingerprint density at radius 1 is 1.61 bits per heavy atom. The van der Waals surface area contributed by atoms with Gasteiger partial charge < -0.3 is 4.74 Å². The van der Waals surface area contributed by atoms with Crippen LogP contribution in [0.3, 0.4) is 0 Å². The molecule has 0 amide bonds. The molecule has 1 heterocycles. The van der Waals surface area contributed by atoms with Crippen molar-refractivity contribution in [2.75, 3.05) is 13.7 Å². The lowest BCUT2D eigenvalue weighted by Gasteiger charge is -2.03. The van der Waals surface area contributed by atoms with Crippen molar-refractivity contribution in [1.29, 1.82) is 0 Å². The first-order chi connectivity index (χ1) is 8.44. The molecule has 1 aromatic heterocycles. The van der Waals surface area contributed by atoms with Crippen molar-refractivity contribution < 1.29 is 17.9 Å². The Balaban J connectivity index is 2.20. The highest BCUT2D eigenvalue weighted by molar-refractivity contribution is 9.11. The summed E-state index contributed by atoms with van der Waals surface area (Å²) in [7, 11) is -2.30. The molecule has 1 N–H and O–H groups in total. The van der Waals surface area contributed by atoms with E-state index in [0.29, 0.717) is 16.2 Å². The molecule has 0 unspecified atom stereocenters. The van der Waals surface area contributed by atoms with Crippen LogP contribution >= 0.6 is 27.3 Å². The maximum atomic E-state index is 12.0. The minimum atomic E-state index is -3.56. The van der Waals surface area contributed by atoms with E-state index in [1.54, 1.807) is 0 Å². The lowest BCUT2D eigenvalue weighted by Crippen LogP contribution is -2.25. The van der Waals surface area contributed by atoms with E-state index in [0.717, 1.165) is 24.2 Å². The Kier molecular flexibility index (Phi) is 4.10. The SMILES string of the molecule is COC(=O)c1cc(S(=O)(=O)NCC2CC2)c(Br)s1. The molecule has 1 aromatic rings. The summed E-state index contributed by atoms with van der Waals surface area (Å²) in [5.74, 6) is -0.0818. The maximum Gasteiger partial charge on any atom is 0.348 e. The zero-order valence-electron chi connectivity index (χ0n) is 9.60. The molecule has 0 bridgehead atoms. The van der Waals surface area contributed by atoms with Gasteiger partial charge >= 0.3 is 5.97 Å². The van der Waals surface area contributed by atoms with Crippen molar-refractivity contribution in [3.05, 3.63) is 14.7 Å². The number of esters is 1. The molecule has 0 spiro atoms. The zero-order valence-corrected chi connectivity index (χ0v) is 12.8. The largest absolute Gasteiger partial charge is 0.465 e.